The number of rotatable bonds is 7. The molecule has 0 spiro atoms. The van der Waals surface area contributed by atoms with Crippen molar-refractivity contribution in [2.75, 3.05) is 25.0 Å². The van der Waals surface area contributed by atoms with E-state index in [1.54, 1.807) is 24.3 Å². The average Bonchev–Trinajstić information content (AvgIpc) is 2.29. The summed E-state index contributed by atoms with van der Waals surface area (Å²) in [5.41, 5.74) is 6.74. The van der Waals surface area contributed by atoms with Crippen LogP contribution in [-0.2, 0) is 21.5 Å². The number of hydrogen-bond donors (Lipinski definition) is 3. The van der Waals surface area contributed by atoms with Crippen LogP contribution in [0.3, 0.4) is 0 Å². The number of para-hydroxylation sites is 1. The van der Waals surface area contributed by atoms with Gasteiger partial charge in [0.2, 0.25) is 0 Å². The van der Waals surface area contributed by atoms with E-state index in [0.717, 1.165) is 5.56 Å². The highest BCUT2D eigenvalue weighted by molar-refractivity contribution is 7.90. The molecule has 1 aromatic rings. The minimum atomic E-state index is -3.58. The zero-order valence-corrected chi connectivity index (χ0v) is 10.5. The number of hydrogen-bond acceptors (Lipinski definition) is 4. The summed E-state index contributed by atoms with van der Waals surface area (Å²) >= 11 is 0. The van der Waals surface area contributed by atoms with Gasteiger partial charge in [0, 0.05) is 20.2 Å². The fourth-order valence-electron chi connectivity index (χ4n) is 1.26. The lowest BCUT2D eigenvalue weighted by molar-refractivity contribution is 0.204. The van der Waals surface area contributed by atoms with Crippen LogP contribution in [0.1, 0.15) is 5.56 Å². The summed E-state index contributed by atoms with van der Waals surface area (Å²) in [6.45, 7) is 0.812. The molecule has 1 rings (SSSR count). The minimum absolute atomic E-state index is 0.219. The molecule has 0 aromatic heterocycles. The summed E-state index contributed by atoms with van der Waals surface area (Å²) in [7, 11) is -2.07. The van der Waals surface area contributed by atoms with Crippen LogP contribution in [0.2, 0.25) is 0 Å². The van der Waals surface area contributed by atoms with Crippen LogP contribution in [-0.4, -0.2) is 28.7 Å². The second-order valence-electron chi connectivity index (χ2n) is 3.35. The maximum absolute atomic E-state index is 11.6. The second kappa shape index (κ2) is 6.55. The smallest absolute Gasteiger partial charge is 0.299 e. The van der Waals surface area contributed by atoms with Crippen molar-refractivity contribution < 1.29 is 13.2 Å². The van der Waals surface area contributed by atoms with Crippen molar-refractivity contribution in [3.05, 3.63) is 29.8 Å². The van der Waals surface area contributed by atoms with Gasteiger partial charge in [-0.15, -0.1) is 0 Å². The van der Waals surface area contributed by atoms with E-state index < -0.39 is 10.2 Å². The molecule has 0 aliphatic heterocycles. The predicted molar refractivity (Wildman–Crippen MR) is 66.8 cm³/mol. The van der Waals surface area contributed by atoms with Crippen molar-refractivity contribution in [3.63, 3.8) is 0 Å². The first-order valence-corrected chi connectivity index (χ1v) is 6.61. The Morgan fingerprint density at radius 1 is 1.35 bits per heavy atom. The lowest BCUT2D eigenvalue weighted by atomic mass is 10.2. The molecule has 4 N–H and O–H groups in total. The van der Waals surface area contributed by atoms with Gasteiger partial charge in [-0.05, 0) is 11.6 Å². The zero-order valence-electron chi connectivity index (χ0n) is 9.64. The maximum atomic E-state index is 11.6. The largest absolute Gasteiger partial charge is 0.383 e. The third kappa shape index (κ3) is 4.70. The third-order valence-electron chi connectivity index (χ3n) is 2.08. The van der Waals surface area contributed by atoms with E-state index in [9.17, 15) is 8.42 Å². The molecule has 1 aromatic carbocycles. The molecule has 0 saturated carbocycles. The van der Waals surface area contributed by atoms with E-state index in [4.69, 9.17) is 10.5 Å². The normalized spacial score (nSPS) is 11.4. The molecule has 0 fully saturated rings. The minimum Gasteiger partial charge on any atom is -0.383 e. The Bertz CT molecular complexity index is 448. The Kier molecular flexibility index (Phi) is 5.36. The first-order chi connectivity index (χ1) is 8.09. The number of nitrogens with two attached hydrogens (primary N) is 1. The van der Waals surface area contributed by atoms with Gasteiger partial charge in [-0.1, -0.05) is 18.2 Å². The number of benzene rings is 1. The van der Waals surface area contributed by atoms with E-state index >= 15 is 0 Å². The van der Waals surface area contributed by atoms with Crippen LogP contribution >= 0.6 is 0 Å². The van der Waals surface area contributed by atoms with Crippen LogP contribution in [0.5, 0.6) is 0 Å². The van der Waals surface area contributed by atoms with Crippen LogP contribution in [0.4, 0.5) is 5.69 Å². The molecule has 0 radical (unpaired) electrons. The Balaban J connectivity index is 2.69. The number of methoxy groups -OCH3 is 1. The molecule has 0 aliphatic rings. The van der Waals surface area contributed by atoms with Gasteiger partial charge < -0.3 is 10.5 Å². The Labute approximate surface area is 101 Å². The first kappa shape index (κ1) is 13.9. The summed E-state index contributed by atoms with van der Waals surface area (Å²) < 4.78 is 32.8. The number of ether oxygens (including phenoxy) is 1. The molecule has 6 nitrogen and oxygen atoms in total. The molecule has 0 atom stereocenters. The maximum Gasteiger partial charge on any atom is 0.299 e. The summed E-state index contributed by atoms with van der Waals surface area (Å²) in [4.78, 5) is 0. The van der Waals surface area contributed by atoms with Gasteiger partial charge >= 0.3 is 0 Å². The van der Waals surface area contributed by atoms with Crippen LogP contribution < -0.4 is 15.2 Å². The van der Waals surface area contributed by atoms with Gasteiger partial charge in [-0.2, -0.15) is 13.1 Å². The Morgan fingerprint density at radius 3 is 2.71 bits per heavy atom. The molecule has 0 heterocycles. The predicted octanol–water partition coefficient (Wildman–Crippen LogP) is 0.0380. The van der Waals surface area contributed by atoms with Crippen molar-refractivity contribution in [1.29, 1.82) is 0 Å². The average molecular weight is 259 g/mol. The van der Waals surface area contributed by atoms with Crippen LogP contribution in [0.25, 0.3) is 0 Å². The van der Waals surface area contributed by atoms with Crippen LogP contribution in [0, 0.1) is 0 Å². The van der Waals surface area contributed by atoms with Gasteiger partial charge in [-0.3, -0.25) is 4.72 Å². The topological polar surface area (TPSA) is 93.4 Å². The fraction of sp³-hybridized carbons (Fsp3) is 0.400. The van der Waals surface area contributed by atoms with Crippen LogP contribution in [0.15, 0.2) is 24.3 Å². The highest BCUT2D eigenvalue weighted by Crippen LogP contribution is 2.14. The molecule has 96 valence electrons. The highest BCUT2D eigenvalue weighted by Gasteiger charge is 2.10. The highest BCUT2D eigenvalue weighted by atomic mass is 32.2. The monoisotopic (exact) mass is 259 g/mol. The SMILES string of the molecule is COCCNS(=O)(=O)Nc1ccccc1CN. The number of anilines is 1. The molecule has 0 aliphatic carbocycles. The van der Waals surface area contributed by atoms with Gasteiger partial charge in [0.15, 0.2) is 0 Å². The summed E-state index contributed by atoms with van der Waals surface area (Å²) in [6.07, 6.45) is 0. The van der Waals surface area contributed by atoms with E-state index in [1.807, 2.05) is 0 Å². The second-order valence-corrected chi connectivity index (χ2v) is 4.85. The van der Waals surface area contributed by atoms with Crippen molar-refractivity contribution in [3.8, 4) is 0 Å². The summed E-state index contributed by atoms with van der Waals surface area (Å²) in [5.74, 6) is 0. The molecule has 17 heavy (non-hydrogen) atoms. The van der Waals surface area contributed by atoms with E-state index in [1.165, 1.54) is 7.11 Å². The molecule has 0 bridgehead atoms. The number of nitrogens with one attached hydrogen (secondary N) is 2. The third-order valence-corrected chi connectivity index (χ3v) is 3.15. The van der Waals surface area contributed by atoms with Crippen molar-refractivity contribution in [1.82, 2.24) is 4.72 Å². The Hall–Kier alpha value is -1.15. The van der Waals surface area contributed by atoms with Gasteiger partial charge in [0.25, 0.3) is 10.2 Å². The molecular weight excluding hydrogens is 242 g/mol. The molecule has 7 heteroatoms. The summed E-state index contributed by atoms with van der Waals surface area (Å²) in [6, 6.07) is 6.98. The zero-order chi connectivity index (χ0) is 12.7. The van der Waals surface area contributed by atoms with Crippen molar-refractivity contribution >= 4 is 15.9 Å². The van der Waals surface area contributed by atoms with Crippen molar-refractivity contribution in [2.45, 2.75) is 6.54 Å². The van der Waals surface area contributed by atoms with Gasteiger partial charge in [0.05, 0.1) is 12.3 Å². The van der Waals surface area contributed by atoms with Crippen molar-refractivity contribution in [2.24, 2.45) is 5.73 Å². The van der Waals surface area contributed by atoms with E-state index in [-0.39, 0.29) is 13.1 Å². The van der Waals surface area contributed by atoms with E-state index in [2.05, 4.69) is 9.44 Å². The van der Waals surface area contributed by atoms with Gasteiger partial charge in [-0.25, -0.2) is 0 Å². The molecule has 0 amide bonds. The molecule has 0 saturated heterocycles. The lowest BCUT2D eigenvalue weighted by Gasteiger charge is -2.11. The Morgan fingerprint density at radius 2 is 2.06 bits per heavy atom. The quantitative estimate of drug-likeness (QED) is 0.603. The molecular formula is C10H17N3O3S. The summed E-state index contributed by atoms with van der Waals surface area (Å²) in [5, 5.41) is 0. The first-order valence-electron chi connectivity index (χ1n) is 5.13. The van der Waals surface area contributed by atoms with E-state index in [0.29, 0.717) is 12.3 Å². The fourth-order valence-corrected chi connectivity index (χ4v) is 2.17. The van der Waals surface area contributed by atoms with Gasteiger partial charge in [0.1, 0.15) is 0 Å². The molecule has 0 unspecified atom stereocenters. The standard InChI is InChI=1S/C10H17N3O3S/c1-16-7-6-12-17(14,15)13-10-5-3-2-4-9(10)8-11/h2-5,12-13H,6-8,11H2,1H3. The lowest BCUT2D eigenvalue weighted by Crippen LogP contribution is -2.33.